The summed E-state index contributed by atoms with van der Waals surface area (Å²) in [5, 5.41) is 0. The second kappa shape index (κ2) is 12.7. The van der Waals surface area contributed by atoms with Crippen molar-refractivity contribution < 1.29 is 4.74 Å². The molecule has 0 atom stereocenters. The highest BCUT2D eigenvalue weighted by Gasteiger charge is 2.32. The van der Waals surface area contributed by atoms with E-state index in [-0.39, 0.29) is 0 Å². The molecule has 0 amide bonds. The minimum Gasteiger partial charge on any atom is -0.489 e. The van der Waals surface area contributed by atoms with Crippen molar-refractivity contribution in [2.45, 2.75) is 6.61 Å². The van der Waals surface area contributed by atoms with Crippen LogP contribution in [0.3, 0.4) is 0 Å². The second-order valence-electron chi connectivity index (χ2n) is 10.9. The molecule has 0 saturated heterocycles. The molecule has 0 heterocycles. The van der Waals surface area contributed by atoms with Crippen LogP contribution in [-0.2, 0) is 6.61 Å². The average molecular weight is 565 g/mol. The third-order valence-corrected chi connectivity index (χ3v) is 7.98. The van der Waals surface area contributed by atoms with E-state index in [4.69, 9.17) is 4.74 Å². The lowest BCUT2D eigenvalue weighted by atomic mass is 9.89. The Labute approximate surface area is 259 Å². The molecule has 44 heavy (non-hydrogen) atoms. The van der Waals surface area contributed by atoms with E-state index >= 15 is 0 Å². The first kappa shape index (κ1) is 27.2. The highest BCUT2D eigenvalue weighted by Crippen LogP contribution is 2.55. The zero-order valence-corrected chi connectivity index (χ0v) is 24.4. The van der Waals surface area contributed by atoms with Crippen LogP contribution in [0.25, 0.3) is 28.4 Å². The van der Waals surface area contributed by atoms with Gasteiger partial charge in [0.2, 0.25) is 0 Å². The Kier molecular flexibility index (Phi) is 7.84. The molecular formula is C43H32O. The summed E-state index contributed by atoms with van der Waals surface area (Å²) in [7, 11) is 0. The van der Waals surface area contributed by atoms with Gasteiger partial charge in [0.15, 0.2) is 0 Å². The molecule has 0 fully saturated rings. The molecule has 1 aliphatic carbocycles. The van der Waals surface area contributed by atoms with Crippen LogP contribution < -0.4 is 4.74 Å². The van der Waals surface area contributed by atoms with Crippen molar-refractivity contribution in [1.29, 1.82) is 0 Å². The smallest absolute Gasteiger partial charge is 0.119 e. The van der Waals surface area contributed by atoms with Crippen LogP contribution >= 0.6 is 0 Å². The van der Waals surface area contributed by atoms with Gasteiger partial charge in [-0.15, -0.1) is 0 Å². The minimum atomic E-state index is 0.546. The Morgan fingerprint density at radius 2 is 0.727 bits per heavy atom. The first-order chi connectivity index (χ1) is 21.8. The monoisotopic (exact) mass is 564 g/mol. The van der Waals surface area contributed by atoms with E-state index in [1.165, 1.54) is 50.1 Å². The molecule has 0 aliphatic heterocycles. The van der Waals surface area contributed by atoms with Gasteiger partial charge in [-0.3, -0.25) is 0 Å². The molecule has 0 unspecified atom stereocenters. The van der Waals surface area contributed by atoms with E-state index in [1.807, 2.05) is 18.2 Å². The van der Waals surface area contributed by atoms with E-state index < -0.39 is 0 Å². The fourth-order valence-corrected chi connectivity index (χ4v) is 5.95. The number of benzene rings is 6. The van der Waals surface area contributed by atoms with Crippen LogP contribution in [0.15, 0.2) is 181 Å². The fraction of sp³-hybridized carbons (Fsp3) is 0.0233. The first-order valence-electron chi connectivity index (χ1n) is 15.0. The van der Waals surface area contributed by atoms with Crippen molar-refractivity contribution in [2.24, 2.45) is 0 Å². The van der Waals surface area contributed by atoms with Gasteiger partial charge in [-0.2, -0.15) is 0 Å². The minimum absolute atomic E-state index is 0.546. The van der Waals surface area contributed by atoms with Crippen molar-refractivity contribution in [2.75, 3.05) is 0 Å². The molecule has 0 bridgehead atoms. The van der Waals surface area contributed by atoms with Gasteiger partial charge in [0, 0.05) is 0 Å². The highest BCUT2D eigenvalue weighted by molar-refractivity contribution is 6.35. The van der Waals surface area contributed by atoms with Gasteiger partial charge in [0.25, 0.3) is 0 Å². The summed E-state index contributed by atoms with van der Waals surface area (Å²) < 4.78 is 6.11. The number of hydrogen-bond acceptors (Lipinski definition) is 1. The first-order valence-corrected chi connectivity index (χ1v) is 15.0. The van der Waals surface area contributed by atoms with Gasteiger partial charge in [-0.05, 0) is 79.5 Å². The van der Waals surface area contributed by atoms with Crippen LogP contribution in [0.1, 0.15) is 33.4 Å². The lowest BCUT2D eigenvalue weighted by Crippen LogP contribution is -1.95. The maximum absolute atomic E-state index is 6.11. The Bertz CT molecular complexity index is 1830. The van der Waals surface area contributed by atoms with E-state index in [0.29, 0.717) is 6.61 Å². The van der Waals surface area contributed by atoms with E-state index in [2.05, 4.69) is 164 Å². The number of rotatable bonds is 8. The van der Waals surface area contributed by atoms with E-state index in [0.717, 1.165) is 16.9 Å². The van der Waals surface area contributed by atoms with Gasteiger partial charge in [-0.1, -0.05) is 164 Å². The molecule has 0 spiro atoms. The number of ether oxygens (including phenoxy) is 1. The van der Waals surface area contributed by atoms with Gasteiger partial charge in [0.1, 0.15) is 12.4 Å². The standard InChI is InChI=1S/C43H32O/c1-6-16-33(17-7-1)31-44-38-28-26-32(27-29-38)30-39-40(34-18-8-2-9-19-34)42(36-22-12-4-13-23-36)43(37-24-14-5-15-25-37)41(39)35-20-10-3-11-21-35/h1-30H,31H2. The Hall–Kier alpha value is -5.66. The molecule has 6 aromatic rings. The van der Waals surface area contributed by atoms with Crippen molar-refractivity contribution >= 4 is 28.4 Å². The zero-order valence-electron chi connectivity index (χ0n) is 24.4. The molecule has 0 radical (unpaired) electrons. The predicted molar refractivity (Wildman–Crippen MR) is 185 cm³/mol. The van der Waals surface area contributed by atoms with Gasteiger partial charge in [-0.25, -0.2) is 0 Å². The van der Waals surface area contributed by atoms with Crippen molar-refractivity contribution in [3.8, 4) is 5.75 Å². The molecule has 1 heteroatoms. The third-order valence-electron chi connectivity index (χ3n) is 7.98. The Balaban J connectivity index is 1.43. The number of allylic oxidation sites excluding steroid dienone is 5. The molecule has 1 aliphatic rings. The quantitative estimate of drug-likeness (QED) is 0.179. The second-order valence-corrected chi connectivity index (χ2v) is 10.9. The molecule has 7 rings (SSSR count). The summed E-state index contributed by atoms with van der Waals surface area (Å²) >= 11 is 0. The summed E-state index contributed by atoms with van der Waals surface area (Å²) in [6.45, 7) is 0.546. The van der Waals surface area contributed by atoms with Crippen LogP contribution in [0.4, 0.5) is 0 Å². The van der Waals surface area contributed by atoms with Crippen LogP contribution in [0, 0.1) is 0 Å². The molecule has 210 valence electrons. The van der Waals surface area contributed by atoms with Crippen molar-refractivity contribution in [1.82, 2.24) is 0 Å². The predicted octanol–water partition coefficient (Wildman–Crippen LogP) is 10.9. The van der Waals surface area contributed by atoms with E-state index in [9.17, 15) is 0 Å². The lowest BCUT2D eigenvalue weighted by molar-refractivity contribution is 0.306. The molecule has 0 saturated carbocycles. The zero-order chi connectivity index (χ0) is 29.6. The number of hydrogen-bond donors (Lipinski definition) is 0. The van der Waals surface area contributed by atoms with Crippen LogP contribution in [-0.4, -0.2) is 0 Å². The summed E-state index contributed by atoms with van der Waals surface area (Å²) in [6, 6.07) is 61.9. The maximum Gasteiger partial charge on any atom is 0.119 e. The summed E-state index contributed by atoms with van der Waals surface area (Å²) in [6.07, 6.45) is 2.34. The lowest BCUT2D eigenvalue weighted by Gasteiger charge is -2.14. The third kappa shape index (κ3) is 5.69. The average Bonchev–Trinajstić information content (AvgIpc) is 3.44. The van der Waals surface area contributed by atoms with Crippen LogP contribution in [0.5, 0.6) is 5.75 Å². The van der Waals surface area contributed by atoms with E-state index in [1.54, 1.807) is 0 Å². The molecule has 6 aromatic carbocycles. The highest BCUT2D eigenvalue weighted by atomic mass is 16.5. The fourth-order valence-electron chi connectivity index (χ4n) is 5.95. The maximum atomic E-state index is 6.11. The molecule has 0 aromatic heterocycles. The van der Waals surface area contributed by atoms with Gasteiger partial charge < -0.3 is 4.74 Å². The Morgan fingerprint density at radius 1 is 0.364 bits per heavy atom. The summed E-state index contributed by atoms with van der Waals surface area (Å²) in [5.74, 6) is 0.857. The van der Waals surface area contributed by atoms with Gasteiger partial charge >= 0.3 is 0 Å². The molecule has 0 N–H and O–H groups in total. The summed E-state index contributed by atoms with van der Waals surface area (Å²) in [5.41, 5.74) is 13.2. The normalized spacial score (nSPS) is 12.9. The van der Waals surface area contributed by atoms with Crippen LogP contribution in [0.2, 0.25) is 0 Å². The van der Waals surface area contributed by atoms with Crippen molar-refractivity contribution in [3.63, 3.8) is 0 Å². The van der Waals surface area contributed by atoms with Crippen molar-refractivity contribution in [3.05, 3.63) is 215 Å². The largest absolute Gasteiger partial charge is 0.489 e. The summed E-state index contributed by atoms with van der Waals surface area (Å²) in [4.78, 5) is 0. The molecule has 1 nitrogen and oxygen atoms in total. The topological polar surface area (TPSA) is 9.23 Å². The Morgan fingerprint density at radius 3 is 1.14 bits per heavy atom. The molecular weight excluding hydrogens is 532 g/mol. The SMILES string of the molecule is C(=C1C(c2ccccc2)=C(c2ccccc2)C(c2ccccc2)=C1c1ccccc1)c1ccc(OCc2ccccc2)cc1. The van der Waals surface area contributed by atoms with Gasteiger partial charge in [0.05, 0.1) is 0 Å².